The molecule has 0 unspecified atom stereocenters. The van der Waals surface area contributed by atoms with E-state index in [2.05, 4.69) is 10.8 Å². The zero-order valence-electron chi connectivity index (χ0n) is 18.0. The number of rotatable bonds is 5. The fourth-order valence-corrected chi connectivity index (χ4v) is 5.87. The number of sulfonamides is 1. The molecule has 1 aliphatic carbocycles. The highest BCUT2D eigenvalue weighted by Gasteiger charge is 2.28. The first-order chi connectivity index (χ1) is 15.0. The molecule has 0 aromatic heterocycles. The number of ether oxygens (including phenoxy) is 1. The second-order valence-electron chi connectivity index (χ2n) is 8.33. The maximum Gasteiger partial charge on any atom is 0.257 e. The quantitative estimate of drug-likeness (QED) is 0.757. The smallest absolute Gasteiger partial charge is 0.257 e. The molecular formula is C24H30N2O4S. The first-order valence-corrected chi connectivity index (χ1v) is 12.6. The van der Waals surface area contributed by atoms with Gasteiger partial charge in [0.25, 0.3) is 5.91 Å². The van der Waals surface area contributed by atoms with Crippen LogP contribution in [0.25, 0.3) is 0 Å². The third-order valence-electron chi connectivity index (χ3n) is 6.27. The van der Waals surface area contributed by atoms with Crippen LogP contribution in [-0.4, -0.2) is 39.4 Å². The maximum atomic E-state index is 13.2. The monoisotopic (exact) mass is 442 g/mol. The highest BCUT2D eigenvalue weighted by atomic mass is 32.2. The first-order valence-electron chi connectivity index (χ1n) is 11.1. The van der Waals surface area contributed by atoms with E-state index in [1.54, 1.807) is 6.07 Å². The number of carbonyl (C=O) groups is 1. The number of nitrogens with one attached hydrogen (secondary N) is 1. The fraction of sp³-hybridized carbons (Fsp3) is 0.458. The summed E-state index contributed by atoms with van der Waals surface area (Å²) in [5.74, 6) is 0.232. The van der Waals surface area contributed by atoms with Crippen LogP contribution >= 0.6 is 0 Å². The Kier molecular flexibility index (Phi) is 6.62. The topological polar surface area (TPSA) is 75.7 Å². The lowest BCUT2D eigenvalue weighted by Gasteiger charge is -2.26. The van der Waals surface area contributed by atoms with Crippen LogP contribution in [0.5, 0.6) is 5.75 Å². The minimum Gasteiger partial charge on any atom is -0.496 e. The molecule has 4 rings (SSSR count). The molecule has 31 heavy (non-hydrogen) atoms. The van der Waals surface area contributed by atoms with Gasteiger partial charge in [-0.15, -0.1) is 0 Å². The molecule has 0 spiro atoms. The van der Waals surface area contributed by atoms with Gasteiger partial charge in [0.2, 0.25) is 10.0 Å². The second-order valence-corrected chi connectivity index (χ2v) is 10.0. The van der Waals surface area contributed by atoms with Gasteiger partial charge in [-0.1, -0.05) is 37.1 Å². The summed E-state index contributed by atoms with van der Waals surface area (Å²) in [7, 11) is -2.30. The fourth-order valence-electron chi connectivity index (χ4n) is 4.60. The second kappa shape index (κ2) is 9.40. The highest BCUT2D eigenvalue weighted by Crippen LogP contribution is 2.32. The van der Waals surface area contributed by atoms with E-state index < -0.39 is 10.0 Å². The Hall–Kier alpha value is -2.38. The lowest BCUT2D eigenvalue weighted by atomic mass is 9.88. The number of likely N-dealkylation sites (tertiary alicyclic amines) is 1. The normalized spacial score (nSPS) is 19.4. The van der Waals surface area contributed by atoms with Crippen molar-refractivity contribution < 1.29 is 17.9 Å². The predicted molar refractivity (Wildman–Crippen MR) is 120 cm³/mol. The summed E-state index contributed by atoms with van der Waals surface area (Å²) in [6.07, 6.45) is 6.82. The van der Waals surface area contributed by atoms with Gasteiger partial charge in [0.1, 0.15) is 5.75 Å². The molecule has 1 amide bonds. The van der Waals surface area contributed by atoms with Gasteiger partial charge in [0.15, 0.2) is 0 Å². The third kappa shape index (κ3) is 4.77. The molecule has 0 radical (unpaired) electrons. The van der Waals surface area contributed by atoms with Crippen LogP contribution < -0.4 is 9.46 Å². The molecule has 2 aromatic carbocycles. The molecular weight excluding hydrogens is 412 g/mol. The largest absolute Gasteiger partial charge is 0.496 e. The van der Waals surface area contributed by atoms with Gasteiger partial charge in [-0.2, -0.15) is 0 Å². The van der Waals surface area contributed by atoms with Crippen LogP contribution in [0.15, 0.2) is 47.4 Å². The molecule has 2 aliphatic rings. The molecule has 1 saturated heterocycles. The molecule has 1 heterocycles. The Morgan fingerprint density at radius 2 is 1.77 bits per heavy atom. The predicted octanol–water partition coefficient (Wildman–Crippen LogP) is 4.07. The van der Waals surface area contributed by atoms with E-state index in [0.717, 1.165) is 50.5 Å². The molecule has 1 aliphatic heterocycles. The highest BCUT2D eigenvalue weighted by molar-refractivity contribution is 7.89. The number of methoxy groups -OCH3 is 1. The summed E-state index contributed by atoms with van der Waals surface area (Å²) in [4.78, 5) is 15.1. The van der Waals surface area contributed by atoms with E-state index >= 15 is 0 Å². The van der Waals surface area contributed by atoms with E-state index in [1.165, 1.54) is 24.8 Å². The van der Waals surface area contributed by atoms with Crippen molar-refractivity contribution in [2.75, 3.05) is 20.2 Å². The SMILES string of the molecule is COc1ccc(S(=O)(=O)N[C@@H]2CCCc3ccccc32)cc1C(=O)N1CCCCCC1. The summed E-state index contributed by atoms with van der Waals surface area (Å²) in [6.45, 7) is 1.38. The number of carbonyl (C=O) groups excluding carboxylic acids is 1. The van der Waals surface area contributed by atoms with Crippen molar-refractivity contribution >= 4 is 15.9 Å². The molecule has 6 nitrogen and oxygen atoms in total. The molecule has 7 heteroatoms. The number of amides is 1. The molecule has 0 bridgehead atoms. The molecule has 2 aromatic rings. The number of hydrogen-bond donors (Lipinski definition) is 1. The average Bonchev–Trinajstić information content (AvgIpc) is 3.08. The van der Waals surface area contributed by atoms with Crippen molar-refractivity contribution in [3.8, 4) is 5.75 Å². The number of benzene rings is 2. The first kappa shape index (κ1) is 21.8. The van der Waals surface area contributed by atoms with Gasteiger partial charge in [-0.3, -0.25) is 4.79 Å². The summed E-state index contributed by atoms with van der Waals surface area (Å²) < 4.78 is 34.7. The Morgan fingerprint density at radius 1 is 1.03 bits per heavy atom. The van der Waals surface area contributed by atoms with Crippen molar-refractivity contribution in [2.45, 2.75) is 55.9 Å². The molecule has 0 saturated carbocycles. The number of aryl methyl sites for hydroxylation is 1. The van der Waals surface area contributed by atoms with Crippen LogP contribution in [0.2, 0.25) is 0 Å². The summed E-state index contributed by atoms with van der Waals surface area (Å²) in [5, 5.41) is 0. The number of hydrogen-bond acceptors (Lipinski definition) is 4. The van der Waals surface area contributed by atoms with Gasteiger partial charge >= 0.3 is 0 Å². The Bertz CT molecular complexity index is 1040. The maximum absolute atomic E-state index is 13.2. The Morgan fingerprint density at radius 3 is 2.52 bits per heavy atom. The van der Waals surface area contributed by atoms with Crippen LogP contribution in [0.3, 0.4) is 0 Å². The molecule has 1 atom stereocenters. The zero-order valence-corrected chi connectivity index (χ0v) is 18.8. The third-order valence-corrected chi connectivity index (χ3v) is 7.74. The van der Waals surface area contributed by atoms with Gasteiger partial charge in [-0.25, -0.2) is 13.1 Å². The van der Waals surface area contributed by atoms with Crippen LogP contribution in [-0.2, 0) is 16.4 Å². The van der Waals surface area contributed by atoms with Crippen LogP contribution in [0.1, 0.15) is 66.1 Å². The minimum absolute atomic E-state index is 0.0922. The number of nitrogens with zero attached hydrogens (tertiary/aromatic N) is 1. The summed E-state index contributed by atoms with van der Waals surface area (Å²) >= 11 is 0. The van der Waals surface area contributed by atoms with Gasteiger partial charge in [0, 0.05) is 19.1 Å². The van der Waals surface area contributed by atoms with Crippen LogP contribution in [0.4, 0.5) is 0 Å². The van der Waals surface area contributed by atoms with E-state index in [4.69, 9.17) is 4.74 Å². The Labute approximate surface area is 184 Å². The van der Waals surface area contributed by atoms with Crippen molar-refractivity contribution in [3.63, 3.8) is 0 Å². The molecule has 166 valence electrons. The standard InChI is InChI=1S/C24H30N2O4S/c1-30-23-14-13-19(17-21(23)24(27)26-15-6-2-3-7-16-26)31(28,29)25-22-12-8-10-18-9-4-5-11-20(18)22/h4-5,9,11,13-14,17,22,25H,2-3,6-8,10,12,15-16H2,1H3/t22-/m1/s1. The van der Waals surface area contributed by atoms with E-state index in [9.17, 15) is 13.2 Å². The van der Waals surface area contributed by atoms with Crippen molar-refractivity contribution in [1.82, 2.24) is 9.62 Å². The molecule has 1 fully saturated rings. The minimum atomic E-state index is -3.80. The van der Waals surface area contributed by atoms with E-state index in [1.807, 2.05) is 23.1 Å². The van der Waals surface area contributed by atoms with Crippen molar-refractivity contribution in [2.24, 2.45) is 0 Å². The lowest BCUT2D eigenvalue weighted by Crippen LogP contribution is -2.33. The van der Waals surface area contributed by atoms with Crippen LogP contribution in [0, 0.1) is 0 Å². The Balaban J connectivity index is 1.62. The summed E-state index contributed by atoms with van der Waals surface area (Å²) in [5.41, 5.74) is 2.52. The van der Waals surface area contributed by atoms with Crippen molar-refractivity contribution in [3.05, 3.63) is 59.2 Å². The van der Waals surface area contributed by atoms with Gasteiger partial charge in [0.05, 0.1) is 17.6 Å². The van der Waals surface area contributed by atoms with E-state index in [-0.39, 0.29) is 16.8 Å². The van der Waals surface area contributed by atoms with Gasteiger partial charge in [-0.05, 0) is 61.4 Å². The summed E-state index contributed by atoms with van der Waals surface area (Å²) in [6, 6.07) is 12.3. The lowest BCUT2D eigenvalue weighted by molar-refractivity contribution is 0.0758. The van der Waals surface area contributed by atoms with E-state index in [0.29, 0.717) is 24.4 Å². The molecule has 1 N–H and O–H groups in total. The average molecular weight is 443 g/mol. The zero-order chi connectivity index (χ0) is 21.8. The number of fused-ring (bicyclic) bond motifs is 1. The van der Waals surface area contributed by atoms with Gasteiger partial charge < -0.3 is 9.64 Å². The van der Waals surface area contributed by atoms with Crippen molar-refractivity contribution in [1.29, 1.82) is 0 Å².